The minimum absolute atomic E-state index is 0.0149. The van der Waals surface area contributed by atoms with Crippen molar-refractivity contribution in [1.29, 1.82) is 0 Å². The molecule has 0 aliphatic rings. The largest absolute Gasteiger partial charge is 0.495 e. The second-order valence-electron chi connectivity index (χ2n) is 5.14. The van der Waals surface area contributed by atoms with Gasteiger partial charge in [-0.15, -0.1) is 0 Å². The summed E-state index contributed by atoms with van der Waals surface area (Å²) in [6, 6.07) is 4.68. The van der Waals surface area contributed by atoms with Crippen molar-refractivity contribution in [3.63, 3.8) is 0 Å². The second-order valence-corrected chi connectivity index (χ2v) is 5.58. The maximum atomic E-state index is 11.7. The van der Waals surface area contributed by atoms with Gasteiger partial charge in [-0.05, 0) is 23.6 Å². The standard InChI is InChI=1S/C14H19ClN2O2/c1-14(2,3)7-8-16-13(18)17-11-9-10(15)5-6-12(11)19-4/h5-9H,1-4H3,(H2,16,17,18)/b8-7+. The Morgan fingerprint density at radius 1 is 1.37 bits per heavy atom. The number of anilines is 1. The number of benzene rings is 1. The number of methoxy groups -OCH3 is 1. The van der Waals surface area contributed by atoms with Gasteiger partial charge in [-0.2, -0.15) is 0 Å². The Bertz CT molecular complexity index is 479. The molecule has 4 nitrogen and oxygen atoms in total. The van der Waals surface area contributed by atoms with Gasteiger partial charge in [-0.1, -0.05) is 38.4 Å². The topological polar surface area (TPSA) is 50.4 Å². The molecule has 2 amide bonds. The number of carbonyl (C=O) groups is 1. The van der Waals surface area contributed by atoms with E-state index in [9.17, 15) is 4.79 Å². The monoisotopic (exact) mass is 282 g/mol. The van der Waals surface area contributed by atoms with E-state index < -0.39 is 0 Å². The van der Waals surface area contributed by atoms with Gasteiger partial charge < -0.3 is 15.4 Å². The molecular formula is C14H19ClN2O2. The van der Waals surface area contributed by atoms with Crippen molar-refractivity contribution in [2.24, 2.45) is 5.41 Å². The zero-order valence-corrected chi connectivity index (χ0v) is 12.3. The lowest BCUT2D eigenvalue weighted by Crippen LogP contribution is -2.24. The highest BCUT2D eigenvalue weighted by Gasteiger charge is 2.08. The van der Waals surface area contributed by atoms with Crippen molar-refractivity contribution < 1.29 is 9.53 Å². The average molecular weight is 283 g/mol. The molecule has 0 unspecified atom stereocenters. The Labute approximate surface area is 118 Å². The second kappa shape index (κ2) is 6.48. The molecule has 19 heavy (non-hydrogen) atoms. The Kier molecular flexibility index (Phi) is 5.24. The van der Waals surface area contributed by atoms with Crippen LogP contribution < -0.4 is 15.4 Å². The highest BCUT2D eigenvalue weighted by Crippen LogP contribution is 2.27. The van der Waals surface area contributed by atoms with Gasteiger partial charge in [0, 0.05) is 11.2 Å². The maximum absolute atomic E-state index is 11.7. The summed E-state index contributed by atoms with van der Waals surface area (Å²) in [4.78, 5) is 11.7. The molecule has 0 spiro atoms. The van der Waals surface area contributed by atoms with Gasteiger partial charge in [0.1, 0.15) is 5.75 Å². The average Bonchev–Trinajstić information content (AvgIpc) is 2.27. The van der Waals surface area contributed by atoms with Gasteiger partial charge in [-0.25, -0.2) is 4.79 Å². The fraction of sp³-hybridized carbons (Fsp3) is 0.357. The number of hydrogen-bond donors (Lipinski definition) is 2. The van der Waals surface area contributed by atoms with Crippen LogP contribution in [0.25, 0.3) is 0 Å². The first-order valence-electron chi connectivity index (χ1n) is 5.90. The first kappa shape index (κ1) is 15.4. The molecule has 0 radical (unpaired) electrons. The summed E-state index contributed by atoms with van der Waals surface area (Å²) in [5.41, 5.74) is 0.540. The van der Waals surface area contributed by atoms with Crippen molar-refractivity contribution in [1.82, 2.24) is 5.32 Å². The van der Waals surface area contributed by atoms with Crippen LogP contribution >= 0.6 is 11.6 Å². The molecule has 0 saturated carbocycles. The number of rotatable bonds is 3. The van der Waals surface area contributed by atoms with E-state index in [0.717, 1.165) is 0 Å². The molecule has 0 fully saturated rings. The van der Waals surface area contributed by atoms with Gasteiger partial charge >= 0.3 is 6.03 Å². The predicted molar refractivity (Wildman–Crippen MR) is 78.8 cm³/mol. The van der Waals surface area contributed by atoms with Crippen LogP contribution in [0, 0.1) is 5.41 Å². The summed E-state index contributed by atoms with van der Waals surface area (Å²) in [6.07, 6.45) is 3.52. The normalized spacial score (nSPS) is 11.4. The van der Waals surface area contributed by atoms with Crippen LogP contribution in [-0.2, 0) is 0 Å². The van der Waals surface area contributed by atoms with E-state index >= 15 is 0 Å². The molecule has 0 saturated heterocycles. The fourth-order valence-corrected chi connectivity index (χ4v) is 1.48. The van der Waals surface area contributed by atoms with Crippen LogP contribution in [-0.4, -0.2) is 13.1 Å². The van der Waals surface area contributed by atoms with Gasteiger partial charge in [0.25, 0.3) is 0 Å². The van der Waals surface area contributed by atoms with Crippen molar-refractivity contribution >= 4 is 23.3 Å². The van der Waals surface area contributed by atoms with E-state index in [1.54, 1.807) is 24.4 Å². The van der Waals surface area contributed by atoms with E-state index in [1.807, 2.05) is 26.8 Å². The number of amides is 2. The molecule has 0 atom stereocenters. The number of urea groups is 1. The van der Waals surface area contributed by atoms with E-state index in [0.29, 0.717) is 16.5 Å². The number of carbonyl (C=O) groups excluding carboxylic acids is 1. The Hall–Kier alpha value is -1.68. The van der Waals surface area contributed by atoms with Crippen molar-refractivity contribution in [2.45, 2.75) is 20.8 Å². The van der Waals surface area contributed by atoms with Crippen molar-refractivity contribution in [3.8, 4) is 5.75 Å². The number of allylic oxidation sites excluding steroid dienone is 1. The van der Waals surface area contributed by atoms with Gasteiger partial charge in [0.05, 0.1) is 12.8 Å². The lowest BCUT2D eigenvalue weighted by atomic mass is 9.97. The van der Waals surface area contributed by atoms with Gasteiger partial charge in [0.2, 0.25) is 0 Å². The first-order valence-corrected chi connectivity index (χ1v) is 6.28. The van der Waals surface area contributed by atoms with Gasteiger partial charge in [-0.3, -0.25) is 0 Å². The third-order valence-corrected chi connectivity index (χ3v) is 2.44. The predicted octanol–water partition coefficient (Wildman–Crippen LogP) is 4.03. The smallest absolute Gasteiger partial charge is 0.323 e. The molecule has 0 heterocycles. The van der Waals surface area contributed by atoms with Crippen LogP contribution in [0.2, 0.25) is 5.02 Å². The Balaban J connectivity index is 2.67. The number of hydrogen-bond acceptors (Lipinski definition) is 2. The lowest BCUT2D eigenvalue weighted by molar-refractivity contribution is 0.255. The number of halogens is 1. The SMILES string of the molecule is COc1ccc(Cl)cc1NC(=O)N/C=C/C(C)(C)C. The highest BCUT2D eigenvalue weighted by molar-refractivity contribution is 6.31. The molecule has 0 aliphatic heterocycles. The van der Waals surface area contributed by atoms with Crippen LogP contribution in [0.1, 0.15) is 20.8 Å². The third-order valence-electron chi connectivity index (χ3n) is 2.21. The molecule has 104 valence electrons. The highest BCUT2D eigenvalue weighted by atomic mass is 35.5. The summed E-state index contributed by atoms with van der Waals surface area (Å²) in [5, 5.41) is 5.84. The van der Waals surface area contributed by atoms with Crippen LogP contribution in [0.15, 0.2) is 30.5 Å². The molecule has 1 aromatic carbocycles. The zero-order valence-electron chi connectivity index (χ0n) is 11.6. The minimum Gasteiger partial charge on any atom is -0.495 e. The van der Waals surface area contributed by atoms with Crippen LogP contribution in [0.3, 0.4) is 0 Å². The first-order chi connectivity index (χ1) is 8.81. The van der Waals surface area contributed by atoms with E-state index in [4.69, 9.17) is 16.3 Å². The minimum atomic E-state index is -0.346. The van der Waals surface area contributed by atoms with E-state index in [2.05, 4.69) is 10.6 Å². The van der Waals surface area contributed by atoms with Crippen molar-refractivity contribution in [2.75, 3.05) is 12.4 Å². The van der Waals surface area contributed by atoms with E-state index in [-0.39, 0.29) is 11.4 Å². The molecule has 1 aromatic rings. The molecule has 1 rings (SSSR count). The molecule has 5 heteroatoms. The summed E-state index contributed by atoms with van der Waals surface area (Å²) < 4.78 is 5.14. The molecule has 0 aromatic heterocycles. The molecular weight excluding hydrogens is 264 g/mol. The lowest BCUT2D eigenvalue weighted by Gasteiger charge is -2.12. The van der Waals surface area contributed by atoms with Crippen LogP contribution in [0.5, 0.6) is 5.75 Å². The van der Waals surface area contributed by atoms with E-state index in [1.165, 1.54) is 7.11 Å². The number of ether oxygens (including phenoxy) is 1. The maximum Gasteiger partial charge on any atom is 0.323 e. The Morgan fingerprint density at radius 2 is 2.05 bits per heavy atom. The third kappa shape index (κ3) is 5.66. The summed E-state index contributed by atoms with van der Waals surface area (Å²) >= 11 is 5.88. The molecule has 2 N–H and O–H groups in total. The van der Waals surface area contributed by atoms with Crippen LogP contribution in [0.4, 0.5) is 10.5 Å². The Morgan fingerprint density at radius 3 is 2.63 bits per heavy atom. The number of nitrogens with one attached hydrogen (secondary N) is 2. The fourth-order valence-electron chi connectivity index (χ4n) is 1.30. The summed E-state index contributed by atoms with van der Waals surface area (Å²) in [5.74, 6) is 0.555. The zero-order chi connectivity index (χ0) is 14.5. The molecule has 0 bridgehead atoms. The van der Waals surface area contributed by atoms with Gasteiger partial charge in [0.15, 0.2) is 0 Å². The molecule has 0 aliphatic carbocycles. The van der Waals surface area contributed by atoms with Crippen molar-refractivity contribution in [3.05, 3.63) is 35.5 Å². The summed E-state index contributed by atoms with van der Waals surface area (Å²) in [6.45, 7) is 6.13. The summed E-state index contributed by atoms with van der Waals surface area (Å²) in [7, 11) is 1.53. The quantitative estimate of drug-likeness (QED) is 0.879.